The Bertz CT molecular complexity index is 548. The van der Waals surface area contributed by atoms with Crippen molar-refractivity contribution in [1.82, 2.24) is 10.7 Å². The van der Waals surface area contributed by atoms with Crippen molar-refractivity contribution in [2.75, 3.05) is 6.61 Å². The van der Waals surface area contributed by atoms with Gasteiger partial charge in [0.05, 0.1) is 12.5 Å². The number of amides is 1. The second kappa shape index (κ2) is 5.11. The van der Waals surface area contributed by atoms with E-state index < -0.39 is 0 Å². The second-order valence-corrected chi connectivity index (χ2v) is 5.11. The summed E-state index contributed by atoms with van der Waals surface area (Å²) < 4.78 is 5.31. The minimum Gasteiger partial charge on any atom is -0.476 e. The van der Waals surface area contributed by atoms with Crippen LogP contribution in [0.1, 0.15) is 26.2 Å². The van der Waals surface area contributed by atoms with Gasteiger partial charge in [-0.05, 0) is 31.9 Å². The Balaban J connectivity index is 1.82. The molecule has 106 valence electrons. The molecule has 0 aromatic heterocycles. The summed E-state index contributed by atoms with van der Waals surface area (Å²) in [6.07, 6.45) is 6.18. The van der Waals surface area contributed by atoms with Gasteiger partial charge >= 0.3 is 0 Å². The lowest BCUT2D eigenvalue weighted by molar-refractivity contribution is -0.123. The molecule has 0 spiro atoms. The molecule has 2 aliphatic heterocycles. The van der Waals surface area contributed by atoms with E-state index in [1.165, 1.54) is 0 Å². The molecule has 6 nitrogen and oxygen atoms in total. The van der Waals surface area contributed by atoms with Crippen LogP contribution in [0.2, 0.25) is 0 Å². The number of carbonyl (C=O) groups is 2. The number of hydrazone groups is 1. The van der Waals surface area contributed by atoms with Crippen molar-refractivity contribution in [3.8, 4) is 0 Å². The zero-order chi connectivity index (χ0) is 14.1. The first-order chi connectivity index (χ1) is 9.69. The van der Waals surface area contributed by atoms with Gasteiger partial charge in [-0.15, -0.1) is 5.10 Å². The molecule has 6 heteroatoms. The van der Waals surface area contributed by atoms with Crippen molar-refractivity contribution in [1.29, 1.82) is 0 Å². The van der Waals surface area contributed by atoms with Gasteiger partial charge in [0, 0.05) is 18.2 Å². The Morgan fingerprint density at radius 2 is 2.35 bits per heavy atom. The van der Waals surface area contributed by atoms with Gasteiger partial charge in [-0.1, -0.05) is 0 Å². The second-order valence-electron chi connectivity index (χ2n) is 5.11. The van der Waals surface area contributed by atoms with Gasteiger partial charge in [-0.25, -0.2) is 5.43 Å². The van der Waals surface area contributed by atoms with Gasteiger partial charge in [0.25, 0.3) is 5.91 Å². The highest BCUT2D eigenvalue weighted by Crippen LogP contribution is 2.29. The fourth-order valence-corrected chi connectivity index (χ4v) is 2.83. The molecular weight excluding hydrogens is 258 g/mol. The van der Waals surface area contributed by atoms with Crippen LogP contribution in [-0.2, 0) is 14.3 Å². The maximum atomic E-state index is 11.9. The smallest absolute Gasteiger partial charge is 0.277 e. The average Bonchev–Trinajstić information content (AvgIpc) is 2.98. The van der Waals surface area contributed by atoms with Crippen molar-refractivity contribution in [2.24, 2.45) is 11.0 Å². The highest BCUT2D eigenvalue weighted by molar-refractivity contribution is 6.22. The third kappa shape index (κ3) is 2.21. The number of nitrogens with one attached hydrogen (secondary N) is 2. The number of nitrogens with zero attached hydrogens (tertiary/aromatic N) is 1. The van der Waals surface area contributed by atoms with Crippen LogP contribution in [0.15, 0.2) is 28.5 Å². The number of rotatable bonds is 2. The highest BCUT2D eigenvalue weighted by atomic mass is 16.5. The molecule has 2 atom stereocenters. The lowest BCUT2D eigenvalue weighted by Crippen LogP contribution is -2.36. The number of ketones is 1. The van der Waals surface area contributed by atoms with Crippen molar-refractivity contribution < 1.29 is 14.3 Å². The summed E-state index contributed by atoms with van der Waals surface area (Å²) in [5.74, 6) is 0.239. The Hall–Kier alpha value is -2.11. The molecule has 0 saturated heterocycles. The number of fused-ring (bicyclic) bond motifs is 1. The predicted octanol–water partition coefficient (Wildman–Crippen LogP) is 0.617. The summed E-state index contributed by atoms with van der Waals surface area (Å²) in [4.78, 5) is 23.6. The third-order valence-corrected chi connectivity index (χ3v) is 3.77. The normalized spacial score (nSPS) is 30.6. The van der Waals surface area contributed by atoms with E-state index in [0.29, 0.717) is 24.5 Å². The molecule has 1 amide bonds. The van der Waals surface area contributed by atoms with Crippen LogP contribution >= 0.6 is 0 Å². The van der Waals surface area contributed by atoms with E-state index in [-0.39, 0.29) is 23.7 Å². The van der Waals surface area contributed by atoms with E-state index in [1.807, 2.05) is 13.0 Å². The highest BCUT2D eigenvalue weighted by Gasteiger charge is 2.35. The zero-order valence-corrected chi connectivity index (χ0v) is 11.3. The molecule has 0 aromatic carbocycles. The number of ether oxygens (including phenoxy) is 1. The SMILES string of the molecule is CCOC1=NNC(=O)/C1=C/C1=CC2C(=O)CCCC2N1. The minimum atomic E-state index is -0.280. The summed E-state index contributed by atoms with van der Waals surface area (Å²) in [6.45, 7) is 2.28. The Labute approximate surface area is 116 Å². The van der Waals surface area contributed by atoms with Crippen molar-refractivity contribution in [2.45, 2.75) is 32.2 Å². The summed E-state index contributed by atoms with van der Waals surface area (Å²) in [7, 11) is 0. The van der Waals surface area contributed by atoms with Crippen LogP contribution in [0.5, 0.6) is 0 Å². The van der Waals surface area contributed by atoms with Crippen LogP contribution in [-0.4, -0.2) is 30.2 Å². The van der Waals surface area contributed by atoms with Crippen molar-refractivity contribution in [3.05, 3.63) is 23.4 Å². The van der Waals surface area contributed by atoms with Crippen LogP contribution in [0.4, 0.5) is 0 Å². The molecule has 0 aromatic rings. The minimum absolute atomic E-state index is 0.0625. The summed E-state index contributed by atoms with van der Waals surface area (Å²) in [5, 5.41) is 7.15. The van der Waals surface area contributed by atoms with Crippen LogP contribution < -0.4 is 10.7 Å². The van der Waals surface area contributed by atoms with Crippen molar-refractivity contribution in [3.63, 3.8) is 0 Å². The zero-order valence-electron chi connectivity index (χ0n) is 11.3. The Morgan fingerprint density at radius 1 is 1.50 bits per heavy atom. The van der Waals surface area contributed by atoms with E-state index >= 15 is 0 Å². The molecule has 1 aliphatic carbocycles. The van der Waals surface area contributed by atoms with Gasteiger partial charge in [-0.3, -0.25) is 9.59 Å². The van der Waals surface area contributed by atoms with E-state index in [9.17, 15) is 9.59 Å². The average molecular weight is 275 g/mol. The molecule has 0 bridgehead atoms. The van der Waals surface area contributed by atoms with E-state index in [0.717, 1.165) is 18.5 Å². The molecule has 2 unspecified atom stereocenters. The maximum absolute atomic E-state index is 11.9. The van der Waals surface area contributed by atoms with E-state index in [4.69, 9.17) is 4.74 Å². The summed E-state index contributed by atoms with van der Waals surface area (Å²) in [5.41, 5.74) is 3.58. The summed E-state index contributed by atoms with van der Waals surface area (Å²) >= 11 is 0. The van der Waals surface area contributed by atoms with Crippen molar-refractivity contribution >= 4 is 17.6 Å². The Morgan fingerprint density at radius 3 is 3.10 bits per heavy atom. The molecule has 20 heavy (non-hydrogen) atoms. The van der Waals surface area contributed by atoms with Gasteiger partial charge in [-0.2, -0.15) is 0 Å². The number of Topliss-reactive ketones (excluding diaryl/α,β-unsaturated/α-hetero) is 1. The molecule has 2 N–H and O–H groups in total. The lowest BCUT2D eigenvalue weighted by Gasteiger charge is -2.23. The van der Waals surface area contributed by atoms with Crippen LogP contribution in [0.3, 0.4) is 0 Å². The number of hydrogen-bond donors (Lipinski definition) is 2. The lowest BCUT2D eigenvalue weighted by atomic mass is 9.85. The molecule has 1 saturated carbocycles. The standard InChI is InChI=1S/C14H17N3O3/c1-2-20-14-10(13(19)16-17-14)7-8-6-9-11(15-8)4-3-5-12(9)18/h6-7,9,11,15H,2-5H2,1H3,(H,16,19)/b10-7-. The number of allylic oxidation sites excluding steroid dienone is 1. The first-order valence-electron chi connectivity index (χ1n) is 6.93. The topological polar surface area (TPSA) is 79.8 Å². The number of carbonyl (C=O) groups excluding carboxylic acids is 2. The van der Waals surface area contributed by atoms with E-state index in [1.54, 1.807) is 6.08 Å². The largest absolute Gasteiger partial charge is 0.476 e. The van der Waals surface area contributed by atoms with Gasteiger partial charge in [0.1, 0.15) is 11.4 Å². The molecule has 2 heterocycles. The fraction of sp³-hybridized carbons (Fsp3) is 0.500. The van der Waals surface area contributed by atoms with Gasteiger partial charge < -0.3 is 10.1 Å². The Kier molecular flexibility index (Phi) is 3.30. The predicted molar refractivity (Wildman–Crippen MR) is 72.6 cm³/mol. The van der Waals surface area contributed by atoms with Gasteiger partial charge in [0.15, 0.2) is 0 Å². The molecule has 1 fully saturated rings. The quantitative estimate of drug-likeness (QED) is 0.724. The third-order valence-electron chi connectivity index (χ3n) is 3.77. The molecule has 3 rings (SSSR count). The molecule has 0 radical (unpaired) electrons. The summed E-state index contributed by atoms with van der Waals surface area (Å²) in [6, 6.07) is 0.167. The first kappa shape index (κ1) is 12.9. The molecule has 3 aliphatic rings. The van der Waals surface area contributed by atoms with Gasteiger partial charge in [0.2, 0.25) is 5.90 Å². The molecular formula is C14H17N3O3. The monoisotopic (exact) mass is 275 g/mol. The van der Waals surface area contributed by atoms with Crippen LogP contribution in [0, 0.1) is 5.92 Å². The fourth-order valence-electron chi connectivity index (χ4n) is 2.83. The van der Waals surface area contributed by atoms with E-state index in [2.05, 4.69) is 15.8 Å². The maximum Gasteiger partial charge on any atom is 0.277 e. The first-order valence-corrected chi connectivity index (χ1v) is 6.93. The van der Waals surface area contributed by atoms with Crippen LogP contribution in [0.25, 0.3) is 0 Å². The number of hydrogen-bond acceptors (Lipinski definition) is 5.